The van der Waals surface area contributed by atoms with E-state index in [9.17, 15) is 78.4 Å². The molecule has 744 valence electrons. The van der Waals surface area contributed by atoms with E-state index in [0.717, 1.165) is 141 Å². The first-order valence-corrected chi connectivity index (χ1v) is 53.6. The zero-order chi connectivity index (χ0) is 91.5. The fourth-order valence-electron chi connectivity index (χ4n) is 38.6. The molecule has 0 saturated heterocycles. The standard InChI is InChI=1S/C27H48O3.C27H46O3.C26H46O7S.C26H42O5.CH4.H3N.Na.H3P/c2*1-6-18-21-14-16(2)11-12-26(21,4)24-22(29)15-27(5)19(17(3)8-7-13-28)9-10-20(27)23(24)25(18)30;1-5-17-20-13-16(27)10-11-25(20,3)23-21(28)14-26(4)18(8-9-19(26)22(23)24(17)29)15(2)7-6-12-33-34(30,31)32;1-5-16-19-12-15(27)10-11-25(19,3)23-20(28)13-26(4)17(14(2)6-9-21(29)30)7-8-18(26)22(23)24(16)31;;;;/h16-25,28-30H,6-15H2,1-5H3;16-21,23-25,28,30H,6-15H2,1-5H3;15-24,27-29H,5-14H2,1-4H3,(H,30,31,32);14-19,22-24,27,31H,5-13H2,1-4H3,(H,29,30);1H4;1H3;;1H3/q;;;;;;+1;/p-1/t16-,17-,18-,19-,20?,21+,22+,23?,24?,25-,26+,27-;16-,17-,18-,19-,20?,21+,23?,24?,25-,26+,27-;15-,16-,17-,18-,19?,20+,21+,22?,23?,24-,25+,26-;14-,15-,16-,17-,18?,19+,22?,23?,24-,25+,26-;;;;/m1111..../s1. The topological polar surface area (TPSA) is 375 Å². The summed E-state index contributed by atoms with van der Waals surface area (Å²) in [5, 5.41) is 119. The molecule has 0 amide bonds. The average Bonchev–Trinajstić information content (AvgIpc) is 1.69. The maximum atomic E-state index is 13.9. The maximum Gasteiger partial charge on any atom is 1.00 e. The number of hydrogen-bond acceptors (Lipinski definition) is 18. The molecule has 22 heteroatoms. The Hall–Kier alpha value is -0.330. The molecule has 47 atom stereocenters. The van der Waals surface area contributed by atoms with Gasteiger partial charge in [-0.1, -0.05) is 171 Å². The third kappa shape index (κ3) is 20.1. The van der Waals surface area contributed by atoms with Crippen LogP contribution in [0.4, 0.5) is 0 Å². The Labute approximate surface area is 808 Å². The molecule has 14 N–H and O–H groups in total. The predicted molar refractivity (Wildman–Crippen MR) is 511 cm³/mol. The molecule has 0 aliphatic heterocycles. The molecule has 19 nitrogen and oxygen atoms in total. The number of aliphatic hydroxyl groups excluding tert-OH is 10. The summed E-state index contributed by atoms with van der Waals surface area (Å²) in [4.78, 5) is 38.8. The van der Waals surface area contributed by atoms with Crippen molar-refractivity contribution < 1.29 is 117 Å². The van der Waals surface area contributed by atoms with Crippen LogP contribution in [-0.2, 0) is 29.0 Å². The van der Waals surface area contributed by atoms with Gasteiger partial charge in [0.2, 0.25) is 10.4 Å². The van der Waals surface area contributed by atoms with Gasteiger partial charge < -0.3 is 66.9 Å². The molecule has 0 bridgehead atoms. The quantitative estimate of drug-likeness (QED) is 0.0157. The van der Waals surface area contributed by atoms with Crippen LogP contribution in [0.3, 0.4) is 0 Å². The van der Waals surface area contributed by atoms with Crippen molar-refractivity contribution >= 4 is 37.8 Å². The first-order valence-electron chi connectivity index (χ1n) is 52.3. The molecule has 16 aliphatic carbocycles. The average molecular weight is 1870 g/mol. The van der Waals surface area contributed by atoms with Gasteiger partial charge in [-0.25, -0.2) is 8.42 Å². The molecule has 16 rings (SSSR count). The van der Waals surface area contributed by atoms with Gasteiger partial charge in [-0.2, -0.15) is 9.90 Å². The van der Waals surface area contributed by atoms with Crippen molar-refractivity contribution in [2.24, 2.45) is 221 Å². The second kappa shape index (κ2) is 43.6. The van der Waals surface area contributed by atoms with Crippen LogP contribution < -0.4 is 35.7 Å². The second-order valence-electron chi connectivity index (χ2n) is 49.6. The van der Waals surface area contributed by atoms with Gasteiger partial charge in [-0.05, 0) is 382 Å². The Morgan fingerprint density at radius 1 is 0.426 bits per heavy atom. The number of aliphatic carboxylic acids is 1. The molecule has 0 heterocycles. The van der Waals surface area contributed by atoms with Gasteiger partial charge in [0.1, 0.15) is 11.6 Å². The van der Waals surface area contributed by atoms with Crippen molar-refractivity contribution in [3.63, 3.8) is 0 Å². The van der Waals surface area contributed by atoms with Gasteiger partial charge in [0.15, 0.2) is 0 Å². The van der Waals surface area contributed by atoms with E-state index in [2.05, 4.69) is 129 Å². The molecule has 0 aromatic heterocycles. The molecule has 13 unspecified atom stereocenters. The normalized spacial score (nSPS) is 49.8. The molecule has 0 radical (unpaired) electrons. The Kier molecular flexibility index (Phi) is 38.0. The number of carbonyl (C=O) groups excluding carboxylic acids is 2. The van der Waals surface area contributed by atoms with E-state index in [0.29, 0.717) is 138 Å². The van der Waals surface area contributed by atoms with Crippen molar-refractivity contribution in [3.05, 3.63) is 0 Å². The van der Waals surface area contributed by atoms with E-state index in [4.69, 9.17) is 5.11 Å². The number of hydrogen-bond donors (Lipinski definition) is 12. The minimum atomic E-state index is -4.65. The molecule has 16 saturated carbocycles. The van der Waals surface area contributed by atoms with Crippen molar-refractivity contribution in [2.75, 3.05) is 19.8 Å². The molecule has 16 aliphatic rings. The summed E-state index contributed by atoms with van der Waals surface area (Å²) < 4.78 is 36.6. The monoisotopic (exact) mass is 1860 g/mol. The predicted octanol–water partition coefficient (Wildman–Crippen LogP) is 16.4. The second-order valence-corrected chi connectivity index (χ2v) is 50.6. The molecular weight excluding hydrogens is 1670 g/mol. The van der Waals surface area contributed by atoms with Gasteiger partial charge >= 0.3 is 35.5 Å². The van der Waals surface area contributed by atoms with Crippen molar-refractivity contribution in [1.82, 2.24) is 6.15 Å². The SMILES string of the molecule is C.CC[C@H]1[C@@H](O)C2C3CC[C@H]([C@H](C)CCC(=O)O)[C@@]3(C)CC(=O)C2[C@@]2(C)CC[C@@H](O)C[C@@H]12.CC[C@H]1[C@@H](O)C2C3CC[C@H]([C@H](C)CCCO)[C@@]3(C)CC(=O)C2[C@@]2(C)CC[C@@H](C)C[C@@H]12.CC[C@H]1[C@@H](O)C2C3CC[C@H]([C@H](C)CCCO)[C@@]3(C)C[C@H](O)C2[C@@]2(C)CC[C@@H](C)C[C@@H]12.CC[C@H]1[C@@H](O)C2C3CC[C@H]([C@H](C)CCCOS(=O)(=O)[O-])[C@@]3(C)C[C@H](O)C2[C@@]2(C)CC[C@@H](O)C[C@@H]12.N.P.[Na+]. The fourth-order valence-corrected chi connectivity index (χ4v) is 38.9. The van der Waals surface area contributed by atoms with E-state index < -0.39 is 34.7 Å². The van der Waals surface area contributed by atoms with Crippen LogP contribution in [0.25, 0.3) is 0 Å². The van der Waals surface area contributed by atoms with Gasteiger partial charge in [0.25, 0.3) is 0 Å². The van der Waals surface area contributed by atoms with Crippen LogP contribution in [0.2, 0.25) is 0 Å². The molecule has 16 fully saturated rings. The first-order chi connectivity index (χ1) is 58.7. The fraction of sp³-hybridized carbons (Fsp3) is 0.972. The summed E-state index contributed by atoms with van der Waals surface area (Å²) >= 11 is 0. The van der Waals surface area contributed by atoms with E-state index in [1.54, 1.807) is 0 Å². The Balaban J connectivity index is 0.000000192. The number of ketones is 2. The third-order valence-corrected chi connectivity index (χ3v) is 44.4. The number of aliphatic hydroxyl groups is 10. The minimum absolute atomic E-state index is 0. The molecule has 0 spiro atoms. The molecule has 0 aromatic carbocycles. The summed E-state index contributed by atoms with van der Waals surface area (Å²) in [7, 11) is -4.65. The van der Waals surface area contributed by atoms with Crippen molar-refractivity contribution in [3.8, 4) is 0 Å². The zero-order valence-corrected chi connectivity index (χ0v) is 87.8. The Bertz CT molecular complexity index is 3770. The van der Waals surface area contributed by atoms with Gasteiger partial charge in [0, 0.05) is 44.3 Å². The zero-order valence-electron chi connectivity index (χ0n) is 83.6. The number of fused-ring (bicyclic) bond motifs is 20. The van der Waals surface area contributed by atoms with E-state index >= 15 is 0 Å². The van der Waals surface area contributed by atoms with E-state index in [1.807, 2.05) is 0 Å². The van der Waals surface area contributed by atoms with Crippen molar-refractivity contribution in [2.45, 2.75) is 412 Å². The third-order valence-electron chi connectivity index (χ3n) is 43.9. The molecule has 0 aromatic rings. The van der Waals surface area contributed by atoms with Crippen LogP contribution in [-0.4, -0.2) is 155 Å². The summed E-state index contributed by atoms with van der Waals surface area (Å²) in [6, 6.07) is 0. The maximum absolute atomic E-state index is 13.9. The summed E-state index contributed by atoms with van der Waals surface area (Å²) in [5.74, 6) is 10.0. The van der Waals surface area contributed by atoms with Gasteiger partial charge in [-0.3, -0.25) is 18.6 Å². The van der Waals surface area contributed by atoms with Gasteiger partial charge in [-0.15, -0.1) is 0 Å². The largest absolute Gasteiger partial charge is 1.00 e. The van der Waals surface area contributed by atoms with Gasteiger partial charge in [0.05, 0.1) is 55.4 Å². The van der Waals surface area contributed by atoms with Crippen LogP contribution in [0, 0.1) is 221 Å². The summed E-state index contributed by atoms with van der Waals surface area (Å²) in [5.41, 5.74) is -0.00842. The minimum Gasteiger partial charge on any atom is -0.726 e. The smallest absolute Gasteiger partial charge is 0.726 e. The summed E-state index contributed by atoms with van der Waals surface area (Å²) in [6.07, 6.45) is 30.9. The number of rotatable bonds is 22. The van der Waals surface area contributed by atoms with Crippen LogP contribution in [0.5, 0.6) is 0 Å². The first kappa shape index (κ1) is 112. The number of Topliss-reactive ketones (excluding diaryl/α,β-unsaturated/α-hetero) is 2. The van der Waals surface area contributed by atoms with Crippen LogP contribution in [0.15, 0.2) is 0 Å². The van der Waals surface area contributed by atoms with Crippen LogP contribution >= 0.6 is 9.90 Å². The van der Waals surface area contributed by atoms with E-state index in [-0.39, 0.29) is 230 Å². The van der Waals surface area contributed by atoms with Crippen LogP contribution in [0.1, 0.15) is 363 Å². The number of carbonyl (C=O) groups is 3. The molecular formula is C107H191NNaO18PS. The number of carboxylic acid groups (broad SMARTS) is 1. The van der Waals surface area contributed by atoms with E-state index in [1.165, 1.54) is 57.8 Å². The Morgan fingerprint density at radius 3 is 1.07 bits per heavy atom. The Morgan fingerprint density at radius 2 is 0.721 bits per heavy atom. The van der Waals surface area contributed by atoms with Crippen molar-refractivity contribution in [1.29, 1.82) is 0 Å². The summed E-state index contributed by atoms with van der Waals surface area (Å²) in [6.45, 7) is 41.9. The molecule has 129 heavy (non-hydrogen) atoms. The number of carboxylic acids is 1.